The van der Waals surface area contributed by atoms with Crippen molar-refractivity contribution in [2.24, 2.45) is 5.92 Å². The van der Waals surface area contributed by atoms with Crippen LogP contribution in [0.5, 0.6) is 6.01 Å². The fraction of sp³-hybridized carbons (Fsp3) is 0.667. The molecular weight excluding hydrogens is 244 g/mol. The average molecular weight is 264 g/mol. The van der Waals surface area contributed by atoms with E-state index in [4.69, 9.17) is 10.00 Å². The Morgan fingerprint density at radius 3 is 2.63 bits per heavy atom. The first-order chi connectivity index (χ1) is 9.14. The van der Waals surface area contributed by atoms with E-state index in [0.717, 1.165) is 0 Å². The first kappa shape index (κ1) is 15.0. The van der Waals surface area contributed by atoms with Gasteiger partial charge in [-0.25, -0.2) is 0 Å². The molecule has 1 unspecified atom stereocenters. The maximum atomic E-state index is 8.90. The van der Waals surface area contributed by atoms with Crippen LogP contribution in [0.1, 0.15) is 20.8 Å². The Labute approximate surface area is 113 Å². The molecule has 1 rings (SSSR count). The van der Waals surface area contributed by atoms with E-state index in [-0.39, 0.29) is 5.92 Å². The molecule has 104 valence electrons. The number of hydrogen-bond acceptors (Lipinski definition) is 7. The summed E-state index contributed by atoms with van der Waals surface area (Å²) in [4.78, 5) is 14.6. The summed E-state index contributed by atoms with van der Waals surface area (Å²) in [6.45, 7) is 7.52. The molecule has 0 bridgehead atoms. The van der Waals surface area contributed by atoms with E-state index in [0.29, 0.717) is 37.6 Å². The topological polar surface area (TPSA) is 87.0 Å². The van der Waals surface area contributed by atoms with Gasteiger partial charge in [0.05, 0.1) is 18.6 Å². The predicted molar refractivity (Wildman–Crippen MR) is 73.2 cm³/mol. The summed E-state index contributed by atoms with van der Waals surface area (Å²) < 4.78 is 5.32. The Bertz CT molecular complexity index is 444. The largest absolute Gasteiger partial charge is 0.464 e. The van der Waals surface area contributed by atoms with E-state index >= 15 is 0 Å². The van der Waals surface area contributed by atoms with Crippen LogP contribution in [0.3, 0.4) is 0 Å². The van der Waals surface area contributed by atoms with E-state index in [9.17, 15) is 0 Å². The normalized spacial score (nSPS) is 11.5. The Balaban J connectivity index is 3.01. The highest BCUT2D eigenvalue weighted by Gasteiger charge is 2.15. The second-order valence-electron chi connectivity index (χ2n) is 3.99. The van der Waals surface area contributed by atoms with E-state index in [1.807, 2.05) is 25.7 Å². The molecule has 7 nitrogen and oxygen atoms in total. The van der Waals surface area contributed by atoms with Gasteiger partial charge in [-0.3, -0.25) is 0 Å². The monoisotopic (exact) mass is 264 g/mol. The molecule has 0 saturated carbocycles. The molecule has 1 aromatic rings. The predicted octanol–water partition coefficient (Wildman–Crippen LogP) is 1.30. The second-order valence-corrected chi connectivity index (χ2v) is 3.99. The van der Waals surface area contributed by atoms with Crippen LogP contribution in [0.2, 0.25) is 0 Å². The lowest BCUT2D eigenvalue weighted by Gasteiger charge is -2.22. The zero-order valence-electron chi connectivity index (χ0n) is 11.8. The molecule has 0 fully saturated rings. The maximum Gasteiger partial charge on any atom is 0.323 e. The van der Waals surface area contributed by atoms with Crippen molar-refractivity contribution in [1.29, 1.82) is 5.26 Å². The number of nitrogens with one attached hydrogen (secondary N) is 1. The number of anilines is 2. The Kier molecular flexibility index (Phi) is 5.79. The van der Waals surface area contributed by atoms with Crippen molar-refractivity contribution in [2.45, 2.75) is 20.8 Å². The Morgan fingerprint density at radius 2 is 2.11 bits per heavy atom. The van der Waals surface area contributed by atoms with Gasteiger partial charge in [0, 0.05) is 20.1 Å². The van der Waals surface area contributed by atoms with Crippen LogP contribution in [0.4, 0.5) is 11.9 Å². The molecule has 0 radical (unpaired) electrons. The van der Waals surface area contributed by atoms with Crippen molar-refractivity contribution in [3.05, 3.63) is 0 Å². The number of nitrogens with zero attached hydrogens (tertiary/aromatic N) is 5. The first-order valence-electron chi connectivity index (χ1n) is 6.35. The van der Waals surface area contributed by atoms with Crippen molar-refractivity contribution < 1.29 is 4.74 Å². The number of aromatic nitrogens is 3. The molecular formula is C12H20N6O. The Hall–Kier alpha value is -2.10. The minimum absolute atomic E-state index is 0.0923. The molecule has 0 aliphatic carbocycles. The lowest BCUT2D eigenvalue weighted by Crippen LogP contribution is -2.30. The minimum atomic E-state index is -0.0923. The Morgan fingerprint density at radius 1 is 1.37 bits per heavy atom. The minimum Gasteiger partial charge on any atom is -0.464 e. The third kappa shape index (κ3) is 4.25. The van der Waals surface area contributed by atoms with Gasteiger partial charge in [0.15, 0.2) is 0 Å². The molecule has 0 spiro atoms. The summed E-state index contributed by atoms with van der Waals surface area (Å²) in [5.41, 5.74) is 0. The summed E-state index contributed by atoms with van der Waals surface area (Å²) >= 11 is 0. The first-order valence-corrected chi connectivity index (χ1v) is 6.35. The van der Waals surface area contributed by atoms with E-state index < -0.39 is 0 Å². The zero-order valence-corrected chi connectivity index (χ0v) is 11.8. The third-order valence-corrected chi connectivity index (χ3v) is 2.48. The lowest BCUT2D eigenvalue weighted by molar-refractivity contribution is 0.312. The quantitative estimate of drug-likeness (QED) is 0.794. The van der Waals surface area contributed by atoms with Crippen LogP contribution in [0.15, 0.2) is 0 Å². The van der Waals surface area contributed by atoms with Gasteiger partial charge in [-0.2, -0.15) is 20.2 Å². The molecule has 1 atom stereocenters. The fourth-order valence-corrected chi connectivity index (χ4v) is 1.52. The fourth-order valence-electron chi connectivity index (χ4n) is 1.52. The number of hydrogen-bond donors (Lipinski definition) is 1. The summed E-state index contributed by atoms with van der Waals surface area (Å²) in [6.07, 6.45) is 0. The summed E-state index contributed by atoms with van der Waals surface area (Å²) in [5, 5.41) is 11.8. The lowest BCUT2D eigenvalue weighted by atomic mass is 10.2. The number of ether oxygens (including phenoxy) is 1. The van der Waals surface area contributed by atoms with Crippen molar-refractivity contribution in [3.8, 4) is 12.1 Å². The van der Waals surface area contributed by atoms with Crippen molar-refractivity contribution in [3.63, 3.8) is 0 Å². The van der Waals surface area contributed by atoms with Crippen LogP contribution in [-0.4, -0.2) is 41.7 Å². The number of rotatable bonds is 7. The molecule has 0 amide bonds. The van der Waals surface area contributed by atoms with Gasteiger partial charge in [0.1, 0.15) is 0 Å². The van der Waals surface area contributed by atoms with E-state index in [1.54, 1.807) is 7.05 Å². The van der Waals surface area contributed by atoms with Gasteiger partial charge >= 0.3 is 6.01 Å². The van der Waals surface area contributed by atoms with Gasteiger partial charge in [-0.1, -0.05) is 0 Å². The van der Waals surface area contributed by atoms with Crippen molar-refractivity contribution in [1.82, 2.24) is 15.0 Å². The van der Waals surface area contributed by atoms with Crippen molar-refractivity contribution >= 4 is 11.9 Å². The van der Waals surface area contributed by atoms with Gasteiger partial charge in [-0.15, -0.1) is 0 Å². The standard InChI is InChI=1S/C12H20N6O/c1-5-18(8-9(3)7-13)11-15-10(14-4)16-12(17-11)19-6-2/h9H,5-6,8H2,1-4H3,(H,14,15,16,17). The van der Waals surface area contributed by atoms with Crippen LogP contribution >= 0.6 is 0 Å². The van der Waals surface area contributed by atoms with Gasteiger partial charge < -0.3 is 15.0 Å². The third-order valence-electron chi connectivity index (χ3n) is 2.48. The van der Waals surface area contributed by atoms with Crippen LogP contribution in [-0.2, 0) is 0 Å². The van der Waals surface area contributed by atoms with Crippen LogP contribution in [0.25, 0.3) is 0 Å². The molecule has 0 aliphatic rings. The molecule has 1 heterocycles. The molecule has 0 aliphatic heterocycles. The zero-order chi connectivity index (χ0) is 14.3. The van der Waals surface area contributed by atoms with Gasteiger partial charge in [0.25, 0.3) is 0 Å². The van der Waals surface area contributed by atoms with E-state index in [1.165, 1.54) is 0 Å². The van der Waals surface area contributed by atoms with Crippen LogP contribution < -0.4 is 15.0 Å². The molecule has 1 aromatic heterocycles. The second kappa shape index (κ2) is 7.36. The number of nitriles is 1. The maximum absolute atomic E-state index is 8.90. The summed E-state index contributed by atoms with van der Waals surface area (Å²) in [6, 6.07) is 2.50. The molecule has 0 saturated heterocycles. The average Bonchev–Trinajstić information content (AvgIpc) is 2.44. The van der Waals surface area contributed by atoms with Gasteiger partial charge in [0.2, 0.25) is 11.9 Å². The molecule has 7 heteroatoms. The molecule has 0 aromatic carbocycles. The highest BCUT2D eigenvalue weighted by atomic mass is 16.5. The molecule has 1 N–H and O–H groups in total. The highest BCUT2D eigenvalue weighted by molar-refractivity contribution is 5.38. The smallest absolute Gasteiger partial charge is 0.323 e. The SMILES string of the molecule is CCOc1nc(NC)nc(N(CC)CC(C)C#N)n1. The van der Waals surface area contributed by atoms with Crippen LogP contribution in [0, 0.1) is 17.2 Å². The van der Waals surface area contributed by atoms with Crippen molar-refractivity contribution in [2.75, 3.05) is 37.0 Å². The summed E-state index contributed by atoms with van der Waals surface area (Å²) in [5.74, 6) is 0.884. The van der Waals surface area contributed by atoms with E-state index in [2.05, 4.69) is 26.3 Å². The molecule has 19 heavy (non-hydrogen) atoms. The van der Waals surface area contributed by atoms with Gasteiger partial charge in [-0.05, 0) is 20.8 Å². The summed E-state index contributed by atoms with van der Waals surface area (Å²) in [7, 11) is 1.74. The highest BCUT2D eigenvalue weighted by Crippen LogP contribution is 2.15.